The normalized spacial score (nSPS) is 21.4. The summed E-state index contributed by atoms with van der Waals surface area (Å²) >= 11 is 0. The van der Waals surface area contributed by atoms with Crippen molar-refractivity contribution in [1.29, 1.82) is 0 Å². The number of imidazole rings is 1. The van der Waals surface area contributed by atoms with Gasteiger partial charge in [0.1, 0.15) is 0 Å². The van der Waals surface area contributed by atoms with E-state index in [1.54, 1.807) is 12.4 Å². The largest absolute Gasteiger partial charge is 0.334 e. The van der Waals surface area contributed by atoms with Crippen LogP contribution in [0.15, 0.2) is 24.8 Å². The van der Waals surface area contributed by atoms with E-state index in [1.807, 2.05) is 21.7 Å². The number of nitrogens with zero attached hydrogens (tertiary/aromatic N) is 4. The minimum Gasteiger partial charge on any atom is -0.334 e. The first-order chi connectivity index (χ1) is 9.58. The van der Waals surface area contributed by atoms with E-state index >= 15 is 0 Å². The van der Waals surface area contributed by atoms with Gasteiger partial charge in [0.15, 0.2) is 11.3 Å². The van der Waals surface area contributed by atoms with Gasteiger partial charge in [0.05, 0.1) is 0 Å². The van der Waals surface area contributed by atoms with Crippen LogP contribution in [0.5, 0.6) is 0 Å². The van der Waals surface area contributed by atoms with Gasteiger partial charge in [0.2, 0.25) is 0 Å². The maximum absolute atomic E-state index is 12.8. The molecule has 0 radical (unpaired) electrons. The molecule has 5 nitrogen and oxygen atoms in total. The maximum Gasteiger partial charge on any atom is 0.276 e. The predicted octanol–water partition coefficient (Wildman–Crippen LogP) is 2.24. The second kappa shape index (κ2) is 4.89. The summed E-state index contributed by atoms with van der Waals surface area (Å²) < 4.78 is 1.83. The Labute approximate surface area is 118 Å². The van der Waals surface area contributed by atoms with Gasteiger partial charge < -0.3 is 9.30 Å². The van der Waals surface area contributed by atoms with Crippen molar-refractivity contribution < 1.29 is 4.79 Å². The molecule has 1 saturated carbocycles. The van der Waals surface area contributed by atoms with Crippen LogP contribution in [0.25, 0.3) is 5.65 Å². The van der Waals surface area contributed by atoms with Gasteiger partial charge in [-0.2, -0.15) is 0 Å². The highest BCUT2D eigenvalue weighted by Crippen LogP contribution is 2.38. The van der Waals surface area contributed by atoms with E-state index < -0.39 is 0 Å². The van der Waals surface area contributed by atoms with Gasteiger partial charge in [-0.05, 0) is 32.1 Å². The summed E-state index contributed by atoms with van der Waals surface area (Å²) in [6.07, 6.45) is 8.20. The lowest BCUT2D eigenvalue weighted by molar-refractivity contribution is 0.0689. The Kier molecular flexibility index (Phi) is 3.20. The Morgan fingerprint density at radius 3 is 2.65 bits per heavy atom. The molecule has 2 unspecified atom stereocenters. The number of carbonyl (C=O) groups excluding carboxylic acids is 1. The molecule has 0 aromatic carbocycles. The van der Waals surface area contributed by atoms with Crippen molar-refractivity contribution in [3.05, 3.63) is 30.5 Å². The molecule has 1 aliphatic rings. The molecule has 2 atom stereocenters. The number of hydrogen-bond donors (Lipinski definition) is 0. The SMILES string of the molecule is CC1CC1CN(C(=O)c1nccn2ccnc12)C(C)C. The quantitative estimate of drug-likeness (QED) is 0.857. The molecule has 1 amide bonds. The average molecular weight is 272 g/mol. The van der Waals surface area contributed by atoms with Crippen molar-refractivity contribution in [1.82, 2.24) is 19.3 Å². The van der Waals surface area contributed by atoms with Crippen LogP contribution in [0.3, 0.4) is 0 Å². The fourth-order valence-electron chi connectivity index (χ4n) is 2.58. The summed E-state index contributed by atoms with van der Waals surface area (Å²) in [4.78, 5) is 23.2. The topological polar surface area (TPSA) is 50.5 Å². The Morgan fingerprint density at radius 2 is 2.05 bits per heavy atom. The molecule has 1 fully saturated rings. The van der Waals surface area contributed by atoms with Crippen molar-refractivity contribution in [2.75, 3.05) is 6.54 Å². The fraction of sp³-hybridized carbons (Fsp3) is 0.533. The van der Waals surface area contributed by atoms with Crippen molar-refractivity contribution in [2.45, 2.75) is 33.2 Å². The molecular weight excluding hydrogens is 252 g/mol. The molecule has 0 bridgehead atoms. The van der Waals surface area contributed by atoms with Gasteiger partial charge in [0, 0.05) is 37.4 Å². The van der Waals surface area contributed by atoms with Crippen molar-refractivity contribution in [3.63, 3.8) is 0 Å². The molecule has 5 heteroatoms. The summed E-state index contributed by atoms with van der Waals surface area (Å²) in [5.41, 5.74) is 1.08. The third-order valence-electron chi connectivity index (χ3n) is 4.11. The van der Waals surface area contributed by atoms with E-state index in [1.165, 1.54) is 6.42 Å². The number of aromatic nitrogens is 3. The van der Waals surface area contributed by atoms with Gasteiger partial charge in [-0.1, -0.05) is 6.92 Å². The zero-order valence-electron chi connectivity index (χ0n) is 12.2. The van der Waals surface area contributed by atoms with Crippen molar-refractivity contribution in [2.24, 2.45) is 11.8 Å². The van der Waals surface area contributed by atoms with Gasteiger partial charge in [-0.3, -0.25) is 4.79 Å². The molecule has 106 valence electrons. The van der Waals surface area contributed by atoms with E-state index in [2.05, 4.69) is 30.7 Å². The van der Waals surface area contributed by atoms with Crippen LogP contribution in [-0.2, 0) is 0 Å². The first-order valence-corrected chi connectivity index (χ1v) is 7.16. The molecule has 1 aliphatic carbocycles. The summed E-state index contributed by atoms with van der Waals surface area (Å²) in [7, 11) is 0. The predicted molar refractivity (Wildman–Crippen MR) is 76.4 cm³/mol. The summed E-state index contributed by atoms with van der Waals surface area (Å²) in [6.45, 7) is 7.16. The fourth-order valence-corrected chi connectivity index (χ4v) is 2.58. The molecule has 20 heavy (non-hydrogen) atoms. The van der Waals surface area contributed by atoms with Crippen molar-refractivity contribution >= 4 is 11.6 Å². The van der Waals surface area contributed by atoms with E-state index in [4.69, 9.17) is 0 Å². The molecule has 0 saturated heterocycles. The molecule has 2 aromatic heterocycles. The lowest BCUT2D eigenvalue weighted by Gasteiger charge is -2.26. The maximum atomic E-state index is 12.8. The number of amides is 1. The van der Waals surface area contributed by atoms with Crippen LogP contribution < -0.4 is 0 Å². The minimum atomic E-state index is -0.0177. The van der Waals surface area contributed by atoms with Crippen LogP contribution in [0.4, 0.5) is 0 Å². The summed E-state index contributed by atoms with van der Waals surface area (Å²) in [5, 5.41) is 0. The lowest BCUT2D eigenvalue weighted by atomic mass is 10.2. The van der Waals surface area contributed by atoms with Crippen LogP contribution in [0.2, 0.25) is 0 Å². The second-order valence-corrected chi connectivity index (χ2v) is 5.96. The van der Waals surface area contributed by atoms with E-state index in [0.717, 1.165) is 12.5 Å². The zero-order valence-corrected chi connectivity index (χ0v) is 12.2. The summed E-state index contributed by atoms with van der Waals surface area (Å²) in [6, 6.07) is 0.173. The highest BCUT2D eigenvalue weighted by Gasteiger charge is 2.36. The number of carbonyl (C=O) groups is 1. The second-order valence-electron chi connectivity index (χ2n) is 5.96. The van der Waals surface area contributed by atoms with Crippen molar-refractivity contribution in [3.8, 4) is 0 Å². The average Bonchev–Trinajstić information content (AvgIpc) is 2.91. The molecule has 0 spiro atoms. The Balaban J connectivity index is 1.90. The third-order valence-corrected chi connectivity index (χ3v) is 4.11. The van der Waals surface area contributed by atoms with E-state index in [0.29, 0.717) is 17.3 Å². The smallest absolute Gasteiger partial charge is 0.276 e. The number of fused-ring (bicyclic) bond motifs is 1. The monoisotopic (exact) mass is 272 g/mol. The lowest BCUT2D eigenvalue weighted by Crippen LogP contribution is -2.39. The first kappa shape index (κ1) is 13.1. The Bertz CT molecular complexity index is 634. The van der Waals surface area contributed by atoms with E-state index in [9.17, 15) is 4.79 Å². The van der Waals surface area contributed by atoms with Gasteiger partial charge >= 0.3 is 0 Å². The standard InChI is InChI=1S/C15H20N4O/c1-10(2)19(9-12-8-11(12)3)15(20)13-14-17-5-7-18(14)6-4-16-13/h4-7,10-12H,8-9H2,1-3H3. The minimum absolute atomic E-state index is 0.0177. The highest BCUT2D eigenvalue weighted by atomic mass is 16.2. The van der Waals surface area contributed by atoms with Crippen LogP contribution in [0, 0.1) is 11.8 Å². The first-order valence-electron chi connectivity index (χ1n) is 7.16. The number of hydrogen-bond acceptors (Lipinski definition) is 3. The third kappa shape index (κ3) is 2.28. The molecule has 3 rings (SSSR count). The molecule has 2 heterocycles. The molecule has 2 aromatic rings. The highest BCUT2D eigenvalue weighted by molar-refractivity contribution is 5.97. The van der Waals surface area contributed by atoms with Gasteiger partial charge in [-0.25, -0.2) is 9.97 Å². The number of rotatable bonds is 4. The summed E-state index contributed by atoms with van der Waals surface area (Å²) in [5.74, 6) is 1.36. The van der Waals surface area contributed by atoms with Crippen LogP contribution >= 0.6 is 0 Å². The van der Waals surface area contributed by atoms with Gasteiger partial charge in [0.25, 0.3) is 5.91 Å². The molecular formula is C15H20N4O. The van der Waals surface area contributed by atoms with Crippen LogP contribution in [0.1, 0.15) is 37.7 Å². The molecule has 0 aliphatic heterocycles. The van der Waals surface area contributed by atoms with Gasteiger partial charge in [-0.15, -0.1) is 0 Å². The zero-order chi connectivity index (χ0) is 14.3. The Hall–Kier alpha value is -1.91. The Morgan fingerprint density at radius 1 is 1.40 bits per heavy atom. The van der Waals surface area contributed by atoms with E-state index in [-0.39, 0.29) is 11.9 Å². The molecule has 0 N–H and O–H groups in total. The van der Waals surface area contributed by atoms with Crippen LogP contribution in [-0.4, -0.2) is 37.8 Å².